The van der Waals surface area contributed by atoms with Gasteiger partial charge in [-0.3, -0.25) is 0 Å². The number of hydrogen-bond acceptors (Lipinski definition) is 8. The van der Waals surface area contributed by atoms with E-state index in [1.54, 1.807) is 37.4 Å². The van der Waals surface area contributed by atoms with Crippen LogP contribution in [0, 0.1) is 0 Å². The molecule has 9 heteroatoms. The molecule has 3 aromatic carbocycles. The number of oxazole rings is 1. The lowest BCUT2D eigenvalue weighted by atomic mass is 10.2. The Morgan fingerprint density at radius 2 is 1.74 bits per heavy atom. The second-order valence-electron chi connectivity index (χ2n) is 7.53. The molecule has 0 saturated heterocycles. The largest absolute Gasteiger partial charge is 0.497 e. The smallest absolute Gasteiger partial charge is 0.234 e. The summed E-state index contributed by atoms with van der Waals surface area (Å²) < 4.78 is 49.6. The molecule has 0 atom stereocenters. The number of sulfone groups is 1. The zero-order chi connectivity index (χ0) is 23.5. The first kappa shape index (κ1) is 21.8. The average Bonchev–Trinajstić information content (AvgIpc) is 3.33. The molecule has 1 aromatic heterocycles. The standard InChI is InChI=1S/C25H22N2O6S/c1-30-19-9-5-8-18(14-19)23-27-25(24(33-23)26-16-17-6-3-2-4-7-17)34(28,29)20-10-11-21-22(15-20)32-13-12-31-21/h2-11,14-15,26H,12-13,16H2,1H3. The molecule has 0 fully saturated rings. The van der Waals surface area contributed by atoms with Gasteiger partial charge < -0.3 is 23.9 Å². The topological polar surface area (TPSA) is 99.9 Å². The van der Waals surface area contributed by atoms with Gasteiger partial charge >= 0.3 is 0 Å². The fraction of sp³-hybridized carbons (Fsp3) is 0.160. The summed E-state index contributed by atoms with van der Waals surface area (Å²) in [4.78, 5) is 4.42. The van der Waals surface area contributed by atoms with Gasteiger partial charge in [-0.2, -0.15) is 4.98 Å². The highest BCUT2D eigenvalue weighted by atomic mass is 32.2. The van der Waals surface area contributed by atoms with Crippen molar-refractivity contribution in [1.82, 2.24) is 4.98 Å². The summed E-state index contributed by atoms with van der Waals surface area (Å²) in [6.07, 6.45) is 0. The first-order valence-electron chi connectivity index (χ1n) is 10.6. The monoisotopic (exact) mass is 478 g/mol. The van der Waals surface area contributed by atoms with Crippen LogP contribution in [-0.4, -0.2) is 33.7 Å². The lowest BCUT2D eigenvalue weighted by molar-refractivity contribution is 0.171. The van der Waals surface area contributed by atoms with E-state index in [9.17, 15) is 8.42 Å². The predicted molar refractivity (Wildman–Crippen MR) is 125 cm³/mol. The van der Waals surface area contributed by atoms with Gasteiger partial charge in [0.2, 0.25) is 26.6 Å². The van der Waals surface area contributed by atoms with Crippen molar-refractivity contribution >= 4 is 15.7 Å². The number of hydrogen-bond donors (Lipinski definition) is 1. The molecule has 34 heavy (non-hydrogen) atoms. The number of nitrogens with one attached hydrogen (secondary N) is 1. The fourth-order valence-electron chi connectivity index (χ4n) is 3.56. The number of methoxy groups -OCH3 is 1. The number of benzene rings is 3. The maximum absolute atomic E-state index is 13.6. The Hall–Kier alpha value is -3.98. The van der Waals surface area contributed by atoms with Gasteiger partial charge in [0, 0.05) is 18.2 Å². The Morgan fingerprint density at radius 1 is 0.941 bits per heavy atom. The van der Waals surface area contributed by atoms with Crippen molar-refractivity contribution in [2.24, 2.45) is 0 Å². The Balaban J connectivity index is 1.56. The first-order chi connectivity index (χ1) is 16.5. The minimum atomic E-state index is -4.04. The third kappa shape index (κ3) is 4.29. The van der Waals surface area contributed by atoms with Crippen molar-refractivity contribution < 1.29 is 27.0 Å². The molecule has 8 nitrogen and oxygen atoms in total. The van der Waals surface area contributed by atoms with Crippen molar-refractivity contribution in [3.8, 4) is 28.7 Å². The Kier molecular flexibility index (Phi) is 5.85. The highest BCUT2D eigenvalue weighted by Crippen LogP contribution is 2.37. The van der Waals surface area contributed by atoms with Crippen LogP contribution in [0.4, 0.5) is 5.88 Å². The van der Waals surface area contributed by atoms with E-state index < -0.39 is 9.84 Å². The molecule has 4 aromatic rings. The summed E-state index contributed by atoms with van der Waals surface area (Å²) in [6.45, 7) is 1.13. The quantitative estimate of drug-likeness (QED) is 0.412. The Bertz CT molecular complexity index is 1420. The molecule has 0 unspecified atom stereocenters. The molecule has 0 aliphatic carbocycles. The van der Waals surface area contributed by atoms with Gasteiger partial charge in [0.05, 0.1) is 12.0 Å². The second kappa shape index (κ2) is 9.11. The molecule has 174 valence electrons. The third-order valence-electron chi connectivity index (χ3n) is 5.29. The van der Waals surface area contributed by atoms with E-state index in [1.807, 2.05) is 30.3 Å². The van der Waals surface area contributed by atoms with Gasteiger partial charge in [-0.1, -0.05) is 36.4 Å². The summed E-state index contributed by atoms with van der Waals surface area (Å²) in [6, 6.07) is 21.2. The fourth-order valence-corrected chi connectivity index (χ4v) is 4.85. The molecule has 0 radical (unpaired) electrons. The highest BCUT2D eigenvalue weighted by molar-refractivity contribution is 7.91. The average molecular weight is 479 g/mol. The van der Waals surface area contributed by atoms with E-state index in [0.29, 0.717) is 42.6 Å². The van der Waals surface area contributed by atoms with Gasteiger partial charge in [0.1, 0.15) is 19.0 Å². The van der Waals surface area contributed by atoms with Crippen molar-refractivity contribution in [1.29, 1.82) is 0 Å². The molecule has 0 saturated carbocycles. The van der Waals surface area contributed by atoms with Crippen molar-refractivity contribution in [3.05, 3.63) is 78.4 Å². The van der Waals surface area contributed by atoms with Crippen molar-refractivity contribution in [2.75, 3.05) is 25.6 Å². The zero-order valence-corrected chi connectivity index (χ0v) is 19.2. The summed E-state index contributed by atoms with van der Waals surface area (Å²) >= 11 is 0. The van der Waals surface area contributed by atoms with Gasteiger partial charge in [-0.15, -0.1) is 0 Å². The summed E-state index contributed by atoms with van der Waals surface area (Å²) in [5.41, 5.74) is 1.55. The first-order valence-corrected chi connectivity index (χ1v) is 12.1. The summed E-state index contributed by atoms with van der Waals surface area (Å²) in [7, 11) is -2.49. The minimum Gasteiger partial charge on any atom is -0.497 e. The number of fused-ring (bicyclic) bond motifs is 1. The number of rotatable bonds is 7. The number of ether oxygens (including phenoxy) is 3. The summed E-state index contributed by atoms with van der Waals surface area (Å²) in [5.74, 6) is 1.69. The zero-order valence-electron chi connectivity index (χ0n) is 18.4. The molecule has 1 aliphatic rings. The normalized spacial score (nSPS) is 12.9. The number of anilines is 1. The van der Waals surface area contributed by atoms with Crippen molar-refractivity contribution in [3.63, 3.8) is 0 Å². The predicted octanol–water partition coefficient (Wildman–Crippen LogP) is 4.57. The van der Waals surface area contributed by atoms with Crippen LogP contribution in [0.3, 0.4) is 0 Å². The highest BCUT2D eigenvalue weighted by Gasteiger charge is 2.30. The van der Waals surface area contributed by atoms with Crippen molar-refractivity contribution in [2.45, 2.75) is 16.5 Å². The molecule has 5 rings (SSSR count). The van der Waals surface area contributed by atoms with Crippen LogP contribution in [0.1, 0.15) is 5.56 Å². The van der Waals surface area contributed by atoms with Crippen LogP contribution in [0.5, 0.6) is 17.2 Å². The van der Waals surface area contributed by atoms with Crippen LogP contribution in [-0.2, 0) is 16.4 Å². The molecule has 0 amide bonds. The molecular weight excluding hydrogens is 456 g/mol. The molecule has 0 spiro atoms. The maximum atomic E-state index is 13.6. The number of aromatic nitrogens is 1. The minimum absolute atomic E-state index is 0.0324. The van der Waals surface area contributed by atoms with Gasteiger partial charge in [-0.05, 0) is 35.9 Å². The van der Waals surface area contributed by atoms with Crippen LogP contribution in [0.2, 0.25) is 0 Å². The van der Waals surface area contributed by atoms with Gasteiger partial charge in [-0.25, -0.2) is 8.42 Å². The molecule has 0 bridgehead atoms. The number of nitrogens with zero attached hydrogens (tertiary/aromatic N) is 1. The van der Waals surface area contributed by atoms with E-state index in [2.05, 4.69) is 10.3 Å². The molecule has 1 aliphatic heterocycles. The van der Waals surface area contributed by atoms with E-state index in [4.69, 9.17) is 18.6 Å². The maximum Gasteiger partial charge on any atom is 0.234 e. The molecular formula is C25H22N2O6S. The Labute approximate surface area is 197 Å². The lowest BCUT2D eigenvalue weighted by Gasteiger charge is -2.18. The lowest BCUT2D eigenvalue weighted by Crippen LogP contribution is -2.16. The van der Waals surface area contributed by atoms with E-state index in [-0.39, 0.29) is 21.7 Å². The summed E-state index contributed by atoms with van der Waals surface area (Å²) in [5, 5.41) is 2.88. The van der Waals surface area contributed by atoms with Gasteiger partial charge in [0.25, 0.3) is 0 Å². The SMILES string of the molecule is COc1cccc(-c2nc(S(=O)(=O)c3ccc4c(c3)OCCO4)c(NCc3ccccc3)o2)c1. The molecule has 1 N–H and O–H groups in total. The van der Waals surface area contributed by atoms with Crippen LogP contribution < -0.4 is 19.5 Å². The second-order valence-corrected chi connectivity index (χ2v) is 9.40. The van der Waals surface area contributed by atoms with Crippen LogP contribution in [0.25, 0.3) is 11.5 Å². The Morgan fingerprint density at radius 3 is 2.53 bits per heavy atom. The van der Waals surface area contributed by atoms with Crippen LogP contribution >= 0.6 is 0 Å². The van der Waals surface area contributed by atoms with E-state index in [1.165, 1.54) is 12.1 Å². The van der Waals surface area contributed by atoms with E-state index >= 15 is 0 Å². The van der Waals surface area contributed by atoms with Gasteiger partial charge in [0.15, 0.2) is 11.5 Å². The molecule has 2 heterocycles. The van der Waals surface area contributed by atoms with Crippen LogP contribution in [0.15, 0.2) is 87.1 Å². The van der Waals surface area contributed by atoms with E-state index in [0.717, 1.165) is 5.56 Å². The third-order valence-corrected chi connectivity index (χ3v) is 6.95.